The minimum atomic E-state index is 0.778. The maximum atomic E-state index is 6.06. The summed E-state index contributed by atoms with van der Waals surface area (Å²) in [6.07, 6.45) is 2.70. The molecule has 1 aromatic rings. The van der Waals surface area contributed by atoms with E-state index in [0.29, 0.717) is 0 Å². The van der Waals surface area contributed by atoms with Crippen LogP contribution in [0.1, 0.15) is 18.4 Å². The van der Waals surface area contributed by atoms with E-state index in [1.807, 2.05) is 19.1 Å². The van der Waals surface area contributed by atoms with Gasteiger partial charge in [-0.15, -0.1) is 0 Å². The van der Waals surface area contributed by atoms with Gasteiger partial charge in [-0.25, -0.2) is 0 Å². The van der Waals surface area contributed by atoms with Crippen LogP contribution in [0.2, 0.25) is 0 Å². The number of hydrogen-bond acceptors (Lipinski definition) is 3. The number of likely N-dealkylation sites (N-methyl/N-ethyl adjacent to an activating group) is 1. The van der Waals surface area contributed by atoms with Crippen molar-refractivity contribution in [3.63, 3.8) is 0 Å². The molecule has 2 rings (SSSR count). The third-order valence-corrected chi connectivity index (χ3v) is 3.33. The molecule has 17 heavy (non-hydrogen) atoms. The van der Waals surface area contributed by atoms with Crippen LogP contribution in [-0.2, 0) is 4.74 Å². The van der Waals surface area contributed by atoms with Crippen LogP contribution >= 0.6 is 0 Å². The number of nitrogens with zero attached hydrogens (tertiary/aromatic N) is 1. The van der Waals surface area contributed by atoms with Gasteiger partial charge in [-0.1, -0.05) is 12.1 Å². The van der Waals surface area contributed by atoms with Gasteiger partial charge in [0.1, 0.15) is 0 Å². The lowest BCUT2D eigenvalue weighted by molar-refractivity contribution is 0.131. The van der Waals surface area contributed by atoms with Crippen molar-refractivity contribution in [2.45, 2.75) is 19.8 Å². The Labute approximate surface area is 104 Å². The highest BCUT2D eigenvalue weighted by atomic mass is 16.5. The number of anilines is 2. The first-order valence-corrected chi connectivity index (χ1v) is 6.32. The van der Waals surface area contributed by atoms with Crippen molar-refractivity contribution >= 4 is 11.4 Å². The molecule has 1 aliphatic carbocycles. The first-order valence-electron chi connectivity index (χ1n) is 6.32. The standard InChI is InChI=1S/C14H22N2O/c1-11-4-3-5-13(14(11)15)16(2)8-9-17-10-12-6-7-12/h3-5,12H,6-10,15H2,1-2H3. The van der Waals surface area contributed by atoms with Gasteiger partial charge in [0, 0.05) is 20.2 Å². The number of benzene rings is 1. The maximum Gasteiger partial charge on any atom is 0.0641 e. The molecule has 3 nitrogen and oxygen atoms in total. The van der Waals surface area contributed by atoms with Crippen LogP contribution in [0.4, 0.5) is 11.4 Å². The summed E-state index contributed by atoms with van der Waals surface area (Å²) in [6.45, 7) is 4.63. The third kappa shape index (κ3) is 3.37. The van der Waals surface area contributed by atoms with Crippen molar-refractivity contribution in [2.75, 3.05) is 37.4 Å². The van der Waals surface area contributed by atoms with Crippen molar-refractivity contribution in [1.82, 2.24) is 0 Å². The van der Waals surface area contributed by atoms with Crippen molar-refractivity contribution in [1.29, 1.82) is 0 Å². The summed E-state index contributed by atoms with van der Waals surface area (Å²) in [6, 6.07) is 6.14. The maximum absolute atomic E-state index is 6.06. The first-order chi connectivity index (χ1) is 8.18. The van der Waals surface area contributed by atoms with E-state index in [4.69, 9.17) is 10.5 Å². The topological polar surface area (TPSA) is 38.5 Å². The third-order valence-electron chi connectivity index (χ3n) is 3.33. The minimum Gasteiger partial charge on any atom is -0.397 e. The molecule has 0 atom stereocenters. The normalized spacial score (nSPS) is 14.9. The molecule has 1 fully saturated rings. The zero-order valence-electron chi connectivity index (χ0n) is 10.8. The molecular weight excluding hydrogens is 212 g/mol. The van der Waals surface area contributed by atoms with Gasteiger partial charge >= 0.3 is 0 Å². The lowest BCUT2D eigenvalue weighted by atomic mass is 10.1. The van der Waals surface area contributed by atoms with Gasteiger partial charge in [0.2, 0.25) is 0 Å². The van der Waals surface area contributed by atoms with E-state index in [-0.39, 0.29) is 0 Å². The molecule has 3 heteroatoms. The van der Waals surface area contributed by atoms with Crippen molar-refractivity contribution in [2.24, 2.45) is 5.92 Å². The van der Waals surface area contributed by atoms with E-state index in [2.05, 4.69) is 18.0 Å². The lowest BCUT2D eigenvalue weighted by Gasteiger charge is -2.21. The average Bonchev–Trinajstić information content (AvgIpc) is 3.12. The highest BCUT2D eigenvalue weighted by Gasteiger charge is 2.21. The molecule has 0 amide bonds. The second kappa shape index (κ2) is 5.41. The molecule has 0 bridgehead atoms. The van der Waals surface area contributed by atoms with E-state index in [9.17, 15) is 0 Å². The Kier molecular flexibility index (Phi) is 3.89. The summed E-state index contributed by atoms with van der Waals surface area (Å²) in [4.78, 5) is 2.16. The first kappa shape index (κ1) is 12.2. The van der Waals surface area contributed by atoms with E-state index in [1.165, 1.54) is 12.8 Å². The van der Waals surface area contributed by atoms with Crippen LogP contribution in [0.5, 0.6) is 0 Å². The molecule has 0 aromatic heterocycles. The molecule has 0 heterocycles. The molecule has 1 aromatic carbocycles. The highest BCUT2D eigenvalue weighted by Crippen LogP contribution is 2.29. The Hall–Kier alpha value is -1.22. The minimum absolute atomic E-state index is 0.778. The van der Waals surface area contributed by atoms with Crippen molar-refractivity contribution in [3.05, 3.63) is 23.8 Å². The second-order valence-electron chi connectivity index (χ2n) is 4.95. The fourth-order valence-electron chi connectivity index (χ4n) is 1.85. The largest absolute Gasteiger partial charge is 0.397 e. The molecule has 0 unspecified atom stereocenters. The number of aryl methyl sites for hydroxylation is 1. The Morgan fingerprint density at radius 2 is 2.18 bits per heavy atom. The van der Waals surface area contributed by atoms with Gasteiger partial charge in [-0.3, -0.25) is 0 Å². The second-order valence-corrected chi connectivity index (χ2v) is 4.95. The van der Waals surface area contributed by atoms with E-state index < -0.39 is 0 Å². The number of para-hydroxylation sites is 1. The van der Waals surface area contributed by atoms with Gasteiger partial charge < -0.3 is 15.4 Å². The van der Waals surface area contributed by atoms with Gasteiger partial charge in [-0.2, -0.15) is 0 Å². The van der Waals surface area contributed by atoms with Crippen molar-refractivity contribution in [3.8, 4) is 0 Å². The predicted molar refractivity (Wildman–Crippen MR) is 72.4 cm³/mol. The molecule has 0 radical (unpaired) electrons. The molecule has 2 N–H and O–H groups in total. The number of rotatable bonds is 6. The van der Waals surface area contributed by atoms with Gasteiger partial charge in [0.05, 0.1) is 18.0 Å². The van der Waals surface area contributed by atoms with Crippen LogP contribution < -0.4 is 10.6 Å². The summed E-state index contributed by atoms with van der Waals surface area (Å²) >= 11 is 0. The number of nitrogens with two attached hydrogens (primary N) is 1. The molecule has 0 aliphatic heterocycles. The Morgan fingerprint density at radius 1 is 1.41 bits per heavy atom. The lowest BCUT2D eigenvalue weighted by Crippen LogP contribution is -2.24. The summed E-state index contributed by atoms with van der Waals surface area (Å²) in [5.74, 6) is 0.837. The molecule has 1 saturated carbocycles. The monoisotopic (exact) mass is 234 g/mol. The summed E-state index contributed by atoms with van der Waals surface area (Å²) < 4.78 is 5.64. The van der Waals surface area contributed by atoms with Crippen LogP contribution in [0.25, 0.3) is 0 Å². The van der Waals surface area contributed by atoms with Gasteiger partial charge in [0.25, 0.3) is 0 Å². The quantitative estimate of drug-likeness (QED) is 0.607. The smallest absolute Gasteiger partial charge is 0.0641 e. The van der Waals surface area contributed by atoms with E-state index in [1.54, 1.807) is 0 Å². The number of nitrogen functional groups attached to an aromatic ring is 1. The fraction of sp³-hybridized carbons (Fsp3) is 0.571. The van der Waals surface area contributed by atoms with Crippen LogP contribution in [0.15, 0.2) is 18.2 Å². The fourth-order valence-corrected chi connectivity index (χ4v) is 1.85. The van der Waals surface area contributed by atoms with Crippen LogP contribution in [-0.4, -0.2) is 26.8 Å². The van der Waals surface area contributed by atoms with Gasteiger partial charge in [-0.05, 0) is 37.3 Å². The SMILES string of the molecule is Cc1cccc(N(C)CCOCC2CC2)c1N. The van der Waals surface area contributed by atoms with Crippen LogP contribution in [0, 0.1) is 12.8 Å². The zero-order chi connectivity index (χ0) is 12.3. The van der Waals surface area contributed by atoms with Crippen LogP contribution in [0.3, 0.4) is 0 Å². The predicted octanol–water partition coefficient (Wildman–Crippen LogP) is 2.44. The highest BCUT2D eigenvalue weighted by molar-refractivity contribution is 5.70. The zero-order valence-corrected chi connectivity index (χ0v) is 10.8. The number of hydrogen-bond donors (Lipinski definition) is 1. The molecule has 94 valence electrons. The summed E-state index contributed by atoms with van der Waals surface area (Å²) in [7, 11) is 2.06. The summed E-state index contributed by atoms with van der Waals surface area (Å²) in [5, 5.41) is 0. The molecular formula is C14H22N2O. The molecule has 1 aliphatic rings. The van der Waals surface area contributed by atoms with E-state index in [0.717, 1.165) is 42.6 Å². The molecule has 0 spiro atoms. The number of ether oxygens (including phenoxy) is 1. The Bertz CT molecular complexity index is 374. The average molecular weight is 234 g/mol. The summed E-state index contributed by atoms with van der Waals surface area (Å²) in [5.41, 5.74) is 9.17. The van der Waals surface area contributed by atoms with E-state index >= 15 is 0 Å². The molecule has 0 saturated heterocycles. The Morgan fingerprint density at radius 3 is 2.88 bits per heavy atom. The van der Waals surface area contributed by atoms with Gasteiger partial charge in [0.15, 0.2) is 0 Å². The van der Waals surface area contributed by atoms with Crippen molar-refractivity contribution < 1.29 is 4.74 Å². The Balaban J connectivity index is 1.81.